The molecule has 0 saturated carbocycles. The Kier molecular flexibility index (Phi) is 5.86. The van der Waals surface area contributed by atoms with E-state index in [9.17, 15) is 0 Å². The van der Waals surface area contributed by atoms with Crippen LogP contribution >= 0.6 is 11.6 Å². The number of nitrogens with zero attached hydrogens (tertiary/aromatic N) is 4. The average Bonchev–Trinajstić information content (AvgIpc) is 3.38. The SMILES string of the molecule is Cc1oc(-c2ccccc2Cl)nc1CCOc1ccc(CCc2nn[nH]n2)cc1. The fourth-order valence-corrected chi connectivity index (χ4v) is 3.19. The van der Waals surface area contributed by atoms with Gasteiger partial charge < -0.3 is 9.15 Å². The fraction of sp³-hybridized carbons (Fsp3) is 0.238. The standard InChI is InChI=1S/C21H20ClN5O2/c1-14-19(23-21(29-14)17-4-2-3-5-18(17)22)12-13-28-16-9-6-15(7-10-16)8-11-20-24-26-27-25-20/h2-7,9-10H,8,11-13H2,1H3,(H,24,25,26,27). The van der Waals surface area contributed by atoms with Crippen LogP contribution in [0.2, 0.25) is 5.02 Å². The molecule has 148 valence electrons. The summed E-state index contributed by atoms with van der Waals surface area (Å²) in [6, 6.07) is 15.5. The molecular formula is C21H20ClN5O2. The number of benzene rings is 2. The maximum absolute atomic E-state index is 6.23. The van der Waals surface area contributed by atoms with Gasteiger partial charge in [0.05, 0.1) is 22.9 Å². The molecule has 7 nitrogen and oxygen atoms in total. The zero-order valence-corrected chi connectivity index (χ0v) is 16.7. The first-order valence-corrected chi connectivity index (χ1v) is 9.72. The minimum absolute atomic E-state index is 0.511. The molecule has 0 aliphatic heterocycles. The number of oxazole rings is 1. The quantitative estimate of drug-likeness (QED) is 0.468. The summed E-state index contributed by atoms with van der Waals surface area (Å²) < 4.78 is 11.7. The maximum Gasteiger partial charge on any atom is 0.228 e. The van der Waals surface area contributed by atoms with E-state index in [0.29, 0.717) is 29.8 Å². The Morgan fingerprint density at radius 3 is 2.62 bits per heavy atom. The molecule has 0 bridgehead atoms. The maximum atomic E-state index is 6.23. The van der Waals surface area contributed by atoms with Crippen LogP contribution in [0.15, 0.2) is 52.9 Å². The Hall–Kier alpha value is -3.19. The Bertz CT molecular complexity index is 1060. The van der Waals surface area contributed by atoms with Crippen LogP contribution in [0.3, 0.4) is 0 Å². The zero-order valence-electron chi connectivity index (χ0n) is 15.9. The molecule has 4 rings (SSSR count). The van der Waals surface area contributed by atoms with Gasteiger partial charge in [0.2, 0.25) is 5.89 Å². The number of aromatic nitrogens is 5. The number of aryl methyl sites for hydroxylation is 3. The predicted octanol–water partition coefficient (Wildman–Crippen LogP) is 4.22. The number of halogens is 1. The van der Waals surface area contributed by atoms with E-state index in [4.69, 9.17) is 20.8 Å². The second-order valence-corrected chi connectivity index (χ2v) is 6.98. The van der Waals surface area contributed by atoms with Crippen molar-refractivity contribution in [1.82, 2.24) is 25.6 Å². The molecule has 2 heterocycles. The first-order chi connectivity index (χ1) is 14.2. The van der Waals surface area contributed by atoms with Gasteiger partial charge in [0.25, 0.3) is 0 Å². The number of hydrogen-bond acceptors (Lipinski definition) is 6. The van der Waals surface area contributed by atoms with Gasteiger partial charge in [0, 0.05) is 12.8 Å². The van der Waals surface area contributed by atoms with Crippen LogP contribution in [0, 0.1) is 6.92 Å². The van der Waals surface area contributed by atoms with Crippen molar-refractivity contribution in [3.63, 3.8) is 0 Å². The highest BCUT2D eigenvalue weighted by Crippen LogP contribution is 2.28. The van der Waals surface area contributed by atoms with Crippen molar-refractivity contribution < 1.29 is 9.15 Å². The molecule has 0 aliphatic carbocycles. The van der Waals surface area contributed by atoms with Crippen molar-refractivity contribution in [3.8, 4) is 17.2 Å². The number of hydrogen-bond donors (Lipinski definition) is 1. The minimum atomic E-state index is 0.511. The highest BCUT2D eigenvalue weighted by atomic mass is 35.5. The summed E-state index contributed by atoms with van der Waals surface area (Å²) >= 11 is 6.23. The van der Waals surface area contributed by atoms with Crippen LogP contribution in [0.25, 0.3) is 11.5 Å². The third-order valence-corrected chi connectivity index (χ3v) is 4.88. The number of ether oxygens (including phenoxy) is 1. The lowest BCUT2D eigenvalue weighted by Crippen LogP contribution is -2.03. The van der Waals surface area contributed by atoms with Crippen molar-refractivity contribution >= 4 is 11.6 Å². The Balaban J connectivity index is 1.30. The van der Waals surface area contributed by atoms with E-state index in [1.54, 1.807) is 0 Å². The molecular weight excluding hydrogens is 390 g/mol. The van der Waals surface area contributed by atoms with Crippen molar-refractivity contribution in [2.24, 2.45) is 0 Å². The van der Waals surface area contributed by atoms with Crippen LogP contribution < -0.4 is 4.74 Å². The van der Waals surface area contributed by atoms with Gasteiger partial charge in [-0.15, -0.1) is 10.2 Å². The number of tetrazole rings is 1. The van der Waals surface area contributed by atoms with Crippen molar-refractivity contribution in [2.75, 3.05) is 6.61 Å². The molecule has 2 aromatic heterocycles. The van der Waals surface area contributed by atoms with E-state index in [1.807, 2.05) is 55.5 Å². The predicted molar refractivity (Wildman–Crippen MR) is 109 cm³/mol. The van der Waals surface area contributed by atoms with Gasteiger partial charge in [-0.1, -0.05) is 41.1 Å². The topological polar surface area (TPSA) is 89.7 Å². The molecule has 2 aromatic carbocycles. The molecule has 0 unspecified atom stereocenters. The summed E-state index contributed by atoms with van der Waals surface area (Å²) in [6.07, 6.45) is 2.25. The fourth-order valence-electron chi connectivity index (χ4n) is 2.97. The molecule has 1 N–H and O–H groups in total. The van der Waals surface area contributed by atoms with Gasteiger partial charge in [0.15, 0.2) is 5.82 Å². The Morgan fingerprint density at radius 1 is 1.03 bits per heavy atom. The molecule has 0 fully saturated rings. The lowest BCUT2D eigenvalue weighted by atomic mass is 10.1. The van der Waals surface area contributed by atoms with Crippen molar-refractivity contribution in [3.05, 3.63) is 76.4 Å². The highest BCUT2D eigenvalue weighted by Gasteiger charge is 2.13. The molecule has 0 spiro atoms. The molecule has 8 heteroatoms. The van der Waals surface area contributed by atoms with Crippen molar-refractivity contribution in [1.29, 1.82) is 0 Å². The van der Waals surface area contributed by atoms with Gasteiger partial charge in [0.1, 0.15) is 11.5 Å². The molecule has 0 amide bonds. The molecule has 0 radical (unpaired) electrons. The van der Waals surface area contributed by atoms with Crippen LogP contribution in [-0.4, -0.2) is 32.2 Å². The number of aromatic amines is 1. The van der Waals surface area contributed by atoms with Gasteiger partial charge >= 0.3 is 0 Å². The molecule has 0 atom stereocenters. The zero-order chi connectivity index (χ0) is 20.1. The lowest BCUT2D eigenvalue weighted by molar-refractivity contribution is 0.320. The van der Waals surface area contributed by atoms with Gasteiger partial charge in [-0.3, -0.25) is 0 Å². The highest BCUT2D eigenvalue weighted by molar-refractivity contribution is 6.33. The first kappa shape index (κ1) is 19.1. The normalized spacial score (nSPS) is 11.0. The van der Waals surface area contributed by atoms with E-state index < -0.39 is 0 Å². The second kappa shape index (κ2) is 8.87. The van der Waals surface area contributed by atoms with E-state index in [-0.39, 0.29) is 0 Å². The molecule has 4 aromatic rings. The van der Waals surface area contributed by atoms with E-state index in [2.05, 4.69) is 25.6 Å². The third kappa shape index (κ3) is 4.81. The van der Waals surface area contributed by atoms with E-state index in [0.717, 1.165) is 35.6 Å². The summed E-state index contributed by atoms with van der Waals surface area (Å²) in [5.74, 6) is 2.85. The monoisotopic (exact) mass is 409 g/mol. The Morgan fingerprint density at radius 2 is 1.86 bits per heavy atom. The largest absolute Gasteiger partial charge is 0.493 e. The number of H-pyrrole nitrogens is 1. The molecule has 0 saturated heterocycles. The van der Waals surface area contributed by atoms with Crippen LogP contribution in [-0.2, 0) is 19.3 Å². The second-order valence-electron chi connectivity index (χ2n) is 6.57. The summed E-state index contributed by atoms with van der Waals surface area (Å²) in [5.41, 5.74) is 2.86. The molecule has 0 aliphatic rings. The number of nitrogens with one attached hydrogen (secondary N) is 1. The van der Waals surface area contributed by atoms with Crippen molar-refractivity contribution in [2.45, 2.75) is 26.2 Å². The van der Waals surface area contributed by atoms with E-state index >= 15 is 0 Å². The molecule has 29 heavy (non-hydrogen) atoms. The van der Waals surface area contributed by atoms with Crippen LogP contribution in [0.5, 0.6) is 5.75 Å². The van der Waals surface area contributed by atoms with Gasteiger partial charge in [-0.05, 0) is 43.2 Å². The summed E-state index contributed by atoms with van der Waals surface area (Å²) in [4.78, 5) is 4.58. The number of rotatable bonds is 8. The lowest BCUT2D eigenvalue weighted by Gasteiger charge is -2.06. The van der Waals surface area contributed by atoms with E-state index in [1.165, 1.54) is 5.56 Å². The smallest absolute Gasteiger partial charge is 0.228 e. The average molecular weight is 410 g/mol. The van der Waals surface area contributed by atoms with Crippen LogP contribution in [0.1, 0.15) is 22.8 Å². The Labute approximate surface area is 173 Å². The summed E-state index contributed by atoms with van der Waals surface area (Å²) in [7, 11) is 0. The summed E-state index contributed by atoms with van der Waals surface area (Å²) in [6.45, 7) is 2.42. The minimum Gasteiger partial charge on any atom is -0.493 e. The third-order valence-electron chi connectivity index (χ3n) is 4.55. The van der Waals surface area contributed by atoms with Gasteiger partial charge in [-0.2, -0.15) is 5.21 Å². The summed E-state index contributed by atoms with van der Waals surface area (Å²) in [5, 5.41) is 14.6. The van der Waals surface area contributed by atoms with Crippen LogP contribution in [0.4, 0.5) is 0 Å². The van der Waals surface area contributed by atoms with Gasteiger partial charge in [-0.25, -0.2) is 4.98 Å². The first-order valence-electron chi connectivity index (χ1n) is 9.34.